The number of carbonyl (C=O) groups excluding carboxylic acids is 2. The molecule has 1 fully saturated rings. The fourth-order valence-corrected chi connectivity index (χ4v) is 3.35. The lowest BCUT2D eigenvalue weighted by Crippen LogP contribution is -2.44. The van der Waals surface area contributed by atoms with Crippen molar-refractivity contribution in [1.82, 2.24) is 10.2 Å². The normalized spacial score (nSPS) is 18.2. The molecule has 0 aliphatic heterocycles. The molecule has 0 spiro atoms. The maximum atomic E-state index is 13.7. The summed E-state index contributed by atoms with van der Waals surface area (Å²) in [6.45, 7) is 6.82. The van der Waals surface area contributed by atoms with Crippen molar-refractivity contribution in [2.75, 3.05) is 11.9 Å². The minimum Gasteiger partial charge on any atom is -0.465 e. The van der Waals surface area contributed by atoms with Crippen molar-refractivity contribution in [3.8, 4) is 0 Å². The maximum Gasteiger partial charge on any atom is 0.413 e. The van der Waals surface area contributed by atoms with E-state index in [1.807, 2.05) is 0 Å². The fourth-order valence-electron chi connectivity index (χ4n) is 3.08. The molecule has 0 bridgehead atoms. The molecular formula is C18H24ClF2N3O4. The fraction of sp³-hybridized carbons (Fsp3) is 0.667. The summed E-state index contributed by atoms with van der Waals surface area (Å²) in [6, 6.07) is 1.36. The number of aromatic nitrogens is 2. The van der Waals surface area contributed by atoms with E-state index < -0.39 is 41.8 Å². The summed E-state index contributed by atoms with van der Waals surface area (Å²) in [7, 11) is 0. The summed E-state index contributed by atoms with van der Waals surface area (Å²) in [5.74, 6) is -3.51. The Morgan fingerprint density at radius 2 is 1.82 bits per heavy atom. The number of rotatable bonds is 4. The van der Waals surface area contributed by atoms with Gasteiger partial charge >= 0.3 is 12.1 Å². The second-order valence-corrected chi connectivity index (χ2v) is 8.08. The van der Waals surface area contributed by atoms with Crippen molar-refractivity contribution in [3.63, 3.8) is 0 Å². The number of carbonyl (C=O) groups is 2. The third kappa shape index (κ3) is 5.27. The quantitative estimate of drug-likeness (QED) is 0.723. The van der Waals surface area contributed by atoms with Crippen LogP contribution >= 0.6 is 11.6 Å². The zero-order valence-corrected chi connectivity index (χ0v) is 17.0. The Kier molecular flexibility index (Phi) is 6.48. The Morgan fingerprint density at radius 1 is 1.21 bits per heavy atom. The highest BCUT2D eigenvalue weighted by Crippen LogP contribution is 2.48. The molecule has 1 aromatic rings. The molecule has 0 unspecified atom stereocenters. The van der Waals surface area contributed by atoms with E-state index in [1.54, 1.807) is 27.7 Å². The van der Waals surface area contributed by atoms with Gasteiger partial charge in [0.2, 0.25) is 5.92 Å². The van der Waals surface area contributed by atoms with Crippen molar-refractivity contribution in [2.24, 2.45) is 0 Å². The second kappa shape index (κ2) is 8.14. The summed E-state index contributed by atoms with van der Waals surface area (Å²) in [5.41, 5.74) is -1.91. The predicted octanol–water partition coefficient (Wildman–Crippen LogP) is 4.49. The molecule has 0 atom stereocenters. The number of alkyl halides is 2. The van der Waals surface area contributed by atoms with E-state index in [4.69, 9.17) is 21.1 Å². The number of hydrogen-bond donors (Lipinski definition) is 1. The topological polar surface area (TPSA) is 90.4 Å². The van der Waals surface area contributed by atoms with Gasteiger partial charge in [-0.15, -0.1) is 10.2 Å². The summed E-state index contributed by atoms with van der Waals surface area (Å²) < 4.78 is 37.8. The SMILES string of the molecule is CCOC(=O)C1(c2cc(NC(=O)OC(C)(C)C)nnc2Cl)CCC(F)(F)CC1. The van der Waals surface area contributed by atoms with Gasteiger partial charge in [-0.25, -0.2) is 13.6 Å². The molecule has 10 heteroatoms. The average molecular weight is 420 g/mol. The first-order valence-corrected chi connectivity index (χ1v) is 9.35. The smallest absolute Gasteiger partial charge is 0.413 e. The number of nitrogens with zero attached hydrogens (tertiary/aromatic N) is 2. The maximum absolute atomic E-state index is 13.7. The van der Waals surface area contributed by atoms with Gasteiger partial charge in [0, 0.05) is 18.4 Å². The predicted molar refractivity (Wildman–Crippen MR) is 98.6 cm³/mol. The number of esters is 1. The van der Waals surface area contributed by atoms with Gasteiger partial charge in [-0.3, -0.25) is 10.1 Å². The average Bonchev–Trinajstić information content (AvgIpc) is 2.56. The lowest BCUT2D eigenvalue weighted by atomic mass is 9.69. The summed E-state index contributed by atoms with van der Waals surface area (Å²) in [6.07, 6.45) is -2.05. The van der Waals surface area contributed by atoms with Gasteiger partial charge in [-0.2, -0.15) is 0 Å². The van der Waals surface area contributed by atoms with E-state index in [2.05, 4.69) is 15.5 Å². The molecule has 1 aromatic heterocycles. The highest BCUT2D eigenvalue weighted by molar-refractivity contribution is 6.30. The highest BCUT2D eigenvalue weighted by atomic mass is 35.5. The number of amides is 1. The van der Waals surface area contributed by atoms with Gasteiger partial charge in [-0.05, 0) is 46.6 Å². The highest BCUT2D eigenvalue weighted by Gasteiger charge is 2.51. The van der Waals surface area contributed by atoms with Crippen LogP contribution in [0.4, 0.5) is 19.4 Å². The zero-order valence-electron chi connectivity index (χ0n) is 16.3. The standard InChI is InChI=1S/C18H24ClF2N3O4/c1-5-27-14(25)17(6-8-18(20,21)9-7-17)11-10-12(23-24-13(11)19)22-15(26)28-16(2,3)4/h10H,5-9H2,1-4H3,(H,22,23,26). The van der Waals surface area contributed by atoms with Crippen LogP contribution in [0.1, 0.15) is 58.9 Å². The Morgan fingerprint density at radius 3 is 2.36 bits per heavy atom. The number of halogens is 3. The minimum atomic E-state index is -2.86. The first-order chi connectivity index (χ1) is 12.9. The van der Waals surface area contributed by atoms with Crippen LogP contribution in [-0.2, 0) is 19.7 Å². The van der Waals surface area contributed by atoms with E-state index in [9.17, 15) is 18.4 Å². The van der Waals surface area contributed by atoms with Crippen molar-refractivity contribution >= 4 is 29.5 Å². The van der Waals surface area contributed by atoms with Crippen LogP contribution in [0, 0.1) is 0 Å². The molecule has 1 heterocycles. The molecule has 156 valence electrons. The molecule has 28 heavy (non-hydrogen) atoms. The van der Waals surface area contributed by atoms with E-state index in [-0.39, 0.29) is 36.0 Å². The summed E-state index contributed by atoms with van der Waals surface area (Å²) >= 11 is 6.16. The molecule has 1 aliphatic rings. The number of anilines is 1. The molecule has 0 saturated heterocycles. The molecular weight excluding hydrogens is 396 g/mol. The largest absolute Gasteiger partial charge is 0.465 e. The Labute approximate surface area is 167 Å². The van der Waals surface area contributed by atoms with Crippen molar-refractivity contribution < 1.29 is 27.8 Å². The molecule has 0 aromatic carbocycles. The van der Waals surface area contributed by atoms with E-state index >= 15 is 0 Å². The number of hydrogen-bond acceptors (Lipinski definition) is 6. The Hall–Kier alpha value is -2.03. The molecule has 2 rings (SSSR count). The van der Waals surface area contributed by atoms with Crippen LogP contribution in [0.2, 0.25) is 5.15 Å². The third-order valence-corrected chi connectivity index (χ3v) is 4.67. The van der Waals surface area contributed by atoms with Crippen LogP contribution in [-0.4, -0.2) is 40.4 Å². The lowest BCUT2D eigenvalue weighted by molar-refractivity contribution is -0.155. The van der Waals surface area contributed by atoms with Gasteiger partial charge in [0.25, 0.3) is 0 Å². The second-order valence-electron chi connectivity index (χ2n) is 7.72. The van der Waals surface area contributed by atoms with Gasteiger partial charge in [0.05, 0.1) is 12.0 Å². The summed E-state index contributed by atoms with van der Waals surface area (Å²) in [5, 5.41) is 9.86. The van der Waals surface area contributed by atoms with E-state index in [0.29, 0.717) is 0 Å². The van der Waals surface area contributed by atoms with E-state index in [1.165, 1.54) is 6.07 Å². The van der Waals surface area contributed by atoms with Crippen molar-refractivity contribution in [2.45, 2.75) is 70.3 Å². The molecule has 0 radical (unpaired) electrons. The van der Waals surface area contributed by atoms with Gasteiger partial charge in [-0.1, -0.05) is 11.6 Å². The van der Waals surface area contributed by atoms with Gasteiger partial charge < -0.3 is 9.47 Å². The summed E-state index contributed by atoms with van der Waals surface area (Å²) in [4.78, 5) is 24.7. The Balaban J connectivity index is 2.38. The number of ether oxygens (including phenoxy) is 2. The lowest BCUT2D eigenvalue weighted by Gasteiger charge is -2.38. The molecule has 1 N–H and O–H groups in total. The first-order valence-electron chi connectivity index (χ1n) is 8.97. The first kappa shape index (κ1) is 22.3. The van der Waals surface area contributed by atoms with Crippen LogP contribution in [0.5, 0.6) is 0 Å². The van der Waals surface area contributed by atoms with Crippen LogP contribution < -0.4 is 5.32 Å². The molecule has 7 nitrogen and oxygen atoms in total. The van der Waals surface area contributed by atoms with E-state index in [0.717, 1.165) is 0 Å². The Bertz CT molecular complexity index is 743. The minimum absolute atomic E-state index is 0.00495. The van der Waals surface area contributed by atoms with Gasteiger partial charge in [0.15, 0.2) is 11.0 Å². The van der Waals surface area contributed by atoms with Crippen LogP contribution in [0.3, 0.4) is 0 Å². The van der Waals surface area contributed by atoms with Crippen molar-refractivity contribution in [1.29, 1.82) is 0 Å². The van der Waals surface area contributed by atoms with Gasteiger partial charge in [0.1, 0.15) is 5.60 Å². The van der Waals surface area contributed by atoms with Crippen LogP contribution in [0.15, 0.2) is 6.07 Å². The molecule has 1 saturated carbocycles. The van der Waals surface area contributed by atoms with Crippen LogP contribution in [0.25, 0.3) is 0 Å². The van der Waals surface area contributed by atoms with Crippen molar-refractivity contribution in [3.05, 3.63) is 16.8 Å². The zero-order chi connectivity index (χ0) is 21.2. The number of nitrogens with one attached hydrogen (secondary N) is 1. The molecule has 1 amide bonds. The monoisotopic (exact) mass is 419 g/mol. The third-order valence-electron chi connectivity index (χ3n) is 4.39. The molecule has 1 aliphatic carbocycles.